The number of hydrogen-bond acceptors (Lipinski definition) is 4. The minimum Gasteiger partial charge on any atom is -0.497 e. The molecular weight excluding hydrogens is 395 g/mol. The fourth-order valence-corrected chi connectivity index (χ4v) is 4.11. The number of hydrogen-bond donors (Lipinski definition) is 0. The molecule has 0 unspecified atom stereocenters. The highest BCUT2D eigenvalue weighted by Gasteiger charge is 2.31. The summed E-state index contributed by atoms with van der Waals surface area (Å²) < 4.78 is 25.0. The van der Waals surface area contributed by atoms with Gasteiger partial charge in [0.15, 0.2) is 5.76 Å². The average Bonchev–Trinajstić information content (AvgIpc) is 3.33. The lowest BCUT2D eigenvalue weighted by Crippen LogP contribution is -2.47. The van der Waals surface area contributed by atoms with Crippen LogP contribution in [0.5, 0.6) is 5.75 Å². The number of halogens is 1. The number of furan rings is 1. The van der Waals surface area contributed by atoms with Crippen molar-refractivity contribution in [2.75, 3.05) is 25.1 Å². The monoisotopic (exact) mass is 422 g/mol. The molecule has 1 aliphatic heterocycles. The highest BCUT2D eigenvalue weighted by atomic mass is 19.1. The Labute approximate surface area is 182 Å². The smallest absolute Gasteiger partial charge is 0.294 e. The van der Waals surface area contributed by atoms with Gasteiger partial charge in [0.25, 0.3) is 5.91 Å². The van der Waals surface area contributed by atoms with E-state index in [-0.39, 0.29) is 23.5 Å². The van der Waals surface area contributed by atoms with Crippen LogP contribution in [0.3, 0.4) is 0 Å². The van der Waals surface area contributed by atoms with Gasteiger partial charge in [-0.1, -0.05) is 18.2 Å². The molecule has 1 fully saturated rings. The van der Waals surface area contributed by atoms with E-state index in [0.29, 0.717) is 11.3 Å². The van der Waals surface area contributed by atoms with Crippen LogP contribution in [0.4, 0.5) is 10.1 Å². The molecule has 0 radical (unpaired) electrons. The van der Waals surface area contributed by atoms with Gasteiger partial charge >= 0.3 is 0 Å². The fraction of sp³-hybridized carbons (Fsp3) is 0.320. The van der Waals surface area contributed by atoms with Crippen LogP contribution in [-0.2, 0) is 6.54 Å². The third-order valence-corrected chi connectivity index (χ3v) is 5.85. The number of carbonyl (C=O) groups excluding carboxylic acids is 1. The van der Waals surface area contributed by atoms with Crippen LogP contribution in [0.15, 0.2) is 65.3 Å². The average molecular weight is 423 g/mol. The highest BCUT2D eigenvalue weighted by Crippen LogP contribution is 2.28. The fourth-order valence-electron chi connectivity index (χ4n) is 4.11. The number of amides is 1. The number of rotatable bonds is 6. The van der Waals surface area contributed by atoms with E-state index in [9.17, 15) is 9.18 Å². The van der Waals surface area contributed by atoms with Gasteiger partial charge in [0.2, 0.25) is 0 Å². The number of aryl methyl sites for hydroxylation is 1. The third-order valence-electron chi connectivity index (χ3n) is 5.85. The second-order valence-corrected chi connectivity index (χ2v) is 7.94. The topological polar surface area (TPSA) is 45.9 Å². The van der Waals surface area contributed by atoms with E-state index in [1.807, 2.05) is 24.3 Å². The minimum atomic E-state index is -0.315. The highest BCUT2D eigenvalue weighted by molar-refractivity contribution is 6.04. The molecule has 1 aliphatic rings. The number of nitrogens with zero attached hydrogens (tertiary/aromatic N) is 2. The lowest BCUT2D eigenvalue weighted by atomic mass is 10.0. The van der Waals surface area contributed by atoms with Crippen LogP contribution < -0.4 is 9.64 Å². The second kappa shape index (κ2) is 9.35. The first-order chi connectivity index (χ1) is 15.0. The molecule has 0 N–H and O–H groups in total. The van der Waals surface area contributed by atoms with E-state index >= 15 is 0 Å². The van der Waals surface area contributed by atoms with Crippen molar-refractivity contribution in [2.45, 2.75) is 32.4 Å². The van der Waals surface area contributed by atoms with Crippen LogP contribution in [0.25, 0.3) is 0 Å². The van der Waals surface area contributed by atoms with Gasteiger partial charge in [-0.3, -0.25) is 9.69 Å². The second-order valence-electron chi connectivity index (χ2n) is 7.94. The molecule has 1 amide bonds. The summed E-state index contributed by atoms with van der Waals surface area (Å²) in [5.41, 5.74) is 2.32. The van der Waals surface area contributed by atoms with Gasteiger partial charge in [-0.25, -0.2) is 4.39 Å². The Hall–Kier alpha value is -3.12. The van der Waals surface area contributed by atoms with Crippen LogP contribution >= 0.6 is 0 Å². The molecule has 1 aromatic heterocycles. The van der Waals surface area contributed by atoms with Gasteiger partial charge in [0.1, 0.15) is 11.6 Å². The van der Waals surface area contributed by atoms with Gasteiger partial charge in [-0.05, 0) is 67.3 Å². The van der Waals surface area contributed by atoms with Gasteiger partial charge in [0.05, 0.1) is 13.4 Å². The number of anilines is 1. The minimum absolute atomic E-state index is 0.0266. The summed E-state index contributed by atoms with van der Waals surface area (Å²) in [7, 11) is 1.67. The van der Waals surface area contributed by atoms with Crippen LogP contribution in [-0.4, -0.2) is 37.0 Å². The predicted molar refractivity (Wildman–Crippen MR) is 118 cm³/mol. The molecule has 4 rings (SSSR count). The lowest BCUT2D eigenvalue weighted by molar-refractivity contribution is 0.0931. The van der Waals surface area contributed by atoms with Crippen molar-refractivity contribution in [3.8, 4) is 5.75 Å². The maximum atomic E-state index is 14.3. The number of methoxy groups -OCH3 is 1. The van der Waals surface area contributed by atoms with Crippen LogP contribution in [0, 0.1) is 12.7 Å². The van der Waals surface area contributed by atoms with E-state index in [4.69, 9.17) is 9.15 Å². The summed E-state index contributed by atoms with van der Waals surface area (Å²) in [4.78, 5) is 17.3. The van der Waals surface area contributed by atoms with E-state index < -0.39 is 0 Å². The zero-order valence-electron chi connectivity index (χ0n) is 17.9. The SMILES string of the molecule is COc1cccc(CN2CCC(N(C(=O)c3ccco3)c3ccc(C)c(F)c3)CC2)c1. The molecule has 162 valence electrons. The number of ether oxygens (including phenoxy) is 1. The van der Waals surface area contributed by atoms with Crippen LogP contribution in [0.2, 0.25) is 0 Å². The summed E-state index contributed by atoms with van der Waals surface area (Å²) in [6.07, 6.45) is 3.08. The molecule has 1 saturated heterocycles. The molecule has 0 saturated carbocycles. The zero-order valence-corrected chi connectivity index (χ0v) is 17.9. The Kier molecular flexibility index (Phi) is 6.37. The summed E-state index contributed by atoms with van der Waals surface area (Å²) in [6, 6.07) is 16.4. The van der Waals surface area contributed by atoms with E-state index in [0.717, 1.165) is 38.2 Å². The summed E-state index contributed by atoms with van der Waals surface area (Å²) in [5.74, 6) is 0.563. The van der Waals surface area contributed by atoms with Gasteiger partial charge in [-0.15, -0.1) is 0 Å². The molecule has 5 nitrogen and oxygen atoms in total. The molecule has 0 bridgehead atoms. The summed E-state index contributed by atoms with van der Waals surface area (Å²) in [5, 5.41) is 0. The molecular formula is C25H27FN2O3. The normalized spacial score (nSPS) is 15.1. The molecule has 6 heteroatoms. The summed E-state index contributed by atoms with van der Waals surface area (Å²) in [6.45, 7) is 4.24. The van der Waals surface area contributed by atoms with E-state index in [2.05, 4.69) is 11.0 Å². The van der Waals surface area contributed by atoms with Gasteiger partial charge < -0.3 is 14.1 Å². The molecule has 0 aliphatic carbocycles. The first-order valence-corrected chi connectivity index (χ1v) is 10.5. The van der Waals surface area contributed by atoms with Crippen molar-refractivity contribution in [2.24, 2.45) is 0 Å². The Morgan fingerprint density at radius 2 is 1.97 bits per heavy atom. The largest absolute Gasteiger partial charge is 0.497 e. The van der Waals surface area contributed by atoms with Crippen molar-refractivity contribution in [3.05, 3.63) is 83.6 Å². The number of piperidine rings is 1. The van der Waals surface area contributed by atoms with Crippen molar-refractivity contribution in [1.82, 2.24) is 4.90 Å². The molecule has 31 heavy (non-hydrogen) atoms. The Balaban J connectivity index is 1.50. The quantitative estimate of drug-likeness (QED) is 0.558. The zero-order chi connectivity index (χ0) is 21.8. The first-order valence-electron chi connectivity index (χ1n) is 10.5. The molecule has 2 heterocycles. The molecule has 0 spiro atoms. The number of benzene rings is 2. The van der Waals surface area contributed by atoms with Gasteiger partial charge in [-0.2, -0.15) is 0 Å². The maximum absolute atomic E-state index is 14.3. The van der Waals surface area contributed by atoms with Crippen molar-refractivity contribution in [3.63, 3.8) is 0 Å². The lowest BCUT2D eigenvalue weighted by Gasteiger charge is -2.38. The Morgan fingerprint density at radius 3 is 2.65 bits per heavy atom. The van der Waals surface area contributed by atoms with Crippen LogP contribution in [0.1, 0.15) is 34.5 Å². The van der Waals surface area contributed by atoms with E-state index in [1.165, 1.54) is 17.9 Å². The van der Waals surface area contributed by atoms with Gasteiger partial charge in [0, 0.05) is 31.4 Å². The first kappa shape index (κ1) is 21.1. The number of carbonyl (C=O) groups is 1. The Bertz CT molecular complexity index is 1030. The summed E-state index contributed by atoms with van der Waals surface area (Å²) >= 11 is 0. The Morgan fingerprint density at radius 1 is 1.16 bits per heavy atom. The third kappa shape index (κ3) is 4.80. The maximum Gasteiger partial charge on any atom is 0.294 e. The molecule has 0 atom stereocenters. The van der Waals surface area contributed by atoms with Crippen molar-refractivity contribution in [1.29, 1.82) is 0 Å². The standard InChI is InChI=1S/C25H27FN2O3/c1-18-8-9-21(16-23(18)26)28(25(29)24-7-4-14-31-24)20-10-12-27(13-11-20)17-19-5-3-6-22(15-19)30-2/h3-9,14-16,20H,10-13,17H2,1-2H3. The molecule has 2 aromatic carbocycles. The number of likely N-dealkylation sites (tertiary alicyclic amines) is 1. The molecule has 3 aromatic rings. The van der Waals surface area contributed by atoms with Crippen molar-refractivity contribution >= 4 is 11.6 Å². The predicted octanol–water partition coefficient (Wildman–Crippen LogP) is 5.05. The van der Waals surface area contributed by atoms with E-state index in [1.54, 1.807) is 37.1 Å². The van der Waals surface area contributed by atoms with Crippen molar-refractivity contribution < 1.29 is 18.3 Å².